The maximum absolute atomic E-state index is 5.85. The van der Waals surface area contributed by atoms with Gasteiger partial charge < -0.3 is 14.2 Å². The largest absolute Gasteiger partial charge is 0.490 e. The van der Waals surface area contributed by atoms with Crippen LogP contribution in [0, 0.1) is 0 Å². The van der Waals surface area contributed by atoms with Gasteiger partial charge in [-0.25, -0.2) is 0 Å². The monoisotopic (exact) mass is 307 g/mol. The minimum absolute atomic E-state index is 0.345. The highest BCUT2D eigenvalue weighted by Crippen LogP contribution is 2.26. The number of rotatable bonds is 8. The van der Waals surface area contributed by atoms with Crippen molar-refractivity contribution in [1.82, 2.24) is 4.90 Å². The second kappa shape index (κ2) is 9.01. The van der Waals surface area contributed by atoms with E-state index in [0.29, 0.717) is 18.8 Å². The summed E-state index contributed by atoms with van der Waals surface area (Å²) in [6.45, 7) is 10.9. The first-order valence-electron chi connectivity index (χ1n) is 8.41. The predicted octanol–water partition coefficient (Wildman–Crippen LogP) is 3.35. The molecule has 2 atom stereocenters. The Morgan fingerprint density at radius 3 is 2.32 bits per heavy atom. The van der Waals surface area contributed by atoms with Crippen LogP contribution in [0.15, 0.2) is 24.3 Å². The van der Waals surface area contributed by atoms with E-state index in [1.807, 2.05) is 31.2 Å². The Kier molecular flexibility index (Phi) is 7.00. The molecule has 1 saturated heterocycles. The van der Waals surface area contributed by atoms with Crippen LogP contribution in [0.2, 0.25) is 0 Å². The SMILES string of the molecule is CCOc1ccccc1OCCCCN1C[C@@H](C)O[C@@H](C)C1. The first kappa shape index (κ1) is 17.1. The summed E-state index contributed by atoms with van der Waals surface area (Å²) in [4.78, 5) is 2.49. The van der Waals surface area contributed by atoms with E-state index >= 15 is 0 Å². The molecule has 0 spiro atoms. The van der Waals surface area contributed by atoms with Crippen LogP contribution >= 0.6 is 0 Å². The number of morpholine rings is 1. The van der Waals surface area contributed by atoms with E-state index in [-0.39, 0.29) is 0 Å². The molecule has 0 aromatic heterocycles. The van der Waals surface area contributed by atoms with Crippen LogP contribution in [-0.2, 0) is 4.74 Å². The smallest absolute Gasteiger partial charge is 0.161 e. The Balaban J connectivity index is 1.65. The first-order chi connectivity index (χ1) is 10.7. The average molecular weight is 307 g/mol. The minimum atomic E-state index is 0.345. The van der Waals surface area contributed by atoms with Crippen LogP contribution in [0.3, 0.4) is 0 Å². The standard InChI is InChI=1S/C18H29NO3/c1-4-20-17-9-5-6-10-18(17)21-12-8-7-11-19-13-15(2)22-16(3)14-19/h5-6,9-10,15-16H,4,7-8,11-14H2,1-3H3/t15-,16+. The molecule has 0 saturated carbocycles. The van der Waals surface area contributed by atoms with Crippen LogP contribution in [0.5, 0.6) is 11.5 Å². The van der Waals surface area contributed by atoms with Crippen molar-refractivity contribution in [2.24, 2.45) is 0 Å². The zero-order chi connectivity index (χ0) is 15.8. The van der Waals surface area contributed by atoms with Gasteiger partial charge in [0.1, 0.15) is 0 Å². The third kappa shape index (κ3) is 5.50. The summed E-state index contributed by atoms with van der Waals surface area (Å²) in [7, 11) is 0. The molecule has 124 valence electrons. The van der Waals surface area contributed by atoms with Crippen LogP contribution in [0.25, 0.3) is 0 Å². The molecule has 1 aliphatic heterocycles. The predicted molar refractivity (Wildman–Crippen MR) is 88.8 cm³/mol. The first-order valence-corrected chi connectivity index (χ1v) is 8.41. The Labute approximate surface area is 134 Å². The van der Waals surface area contributed by atoms with E-state index in [4.69, 9.17) is 14.2 Å². The molecule has 1 aromatic carbocycles. The van der Waals surface area contributed by atoms with Crippen LogP contribution in [-0.4, -0.2) is 50.0 Å². The van der Waals surface area contributed by atoms with Crippen molar-refractivity contribution in [1.29, 1.82) is 0 Å². The van der Waals surface area contributed by atoms with Gasteiger partial charge in [0.2, 0.25) is 0 Å². The molecule has 0 amide bonds. The maximum Gasteiger partial charge on any atom is 0.161 e. The van der Waals surface area contributed by atoms with E-state index < -0.39 is 0 Å². The van der Waals surface area contributed by atoms with Crippen molar-refractivity contribution < 1.29 is 14.2 Å². The van der Waals surface area contributed by atoms with Gasteiger partial charge in [0.25, 0.3) is 0 Å². The molecular formula is C18H29NO3. The highest BCUT2D eigenvalue weighted by atomic mass is 16.5. The third-order valence-corrected chi connectivity index (χ3v) is 3.77. The molecule has 0 unspecified atom stereocenters. The molecule has 1 aliphatic rings. The molecule has 0 bridgehead atoms. The lowest BCUT2D eigenvalue weighted by molar-refractivity contribution is -0.0682. The Hall–Kier alpha value is -1.26. The van der Waals surface area contributed by atoms with Crippen LogP contribution in [0.1, 0.15) is 33.6 Å². The lowest BCUT2D eigenvalue weighted by Crippen LogP contribution is -2.45. The van der Waals surface area contributed by atoms with Crippen molar-refractivity contribution in [2.45, 2.75) is 45.8 Å². The number of benzene rings is 1. The fourth-order valence-electron chi connectivity index (χ4n) is 2.93. The molecule has 2 rings (SSSR count). The van der Waals surface area contributed by atoms with Crippen molar-refractivity contribution in [3.05, 3.63) is 24.3 Å². The molecule has 22 heavy (non-hydrogen) atoms. The van der Waals surface area contributed by atoms with Gasteiger partial charge in [0, 0.05) is 13.1 Å². The summed E-state index contributed by atoms with van der Waals surface area (Å²) in [5.41, 5.74) is 0. The summed E-state index contributed by atoms with van der Waals surface area (Å²) in [6.07, 6.45) is 2.90. The Morgan fingerprint density at radius 2 is 1.68 bits per heavy atom. The van der Waals surface area contributed by atoms with Gasteiger partial charge in [-0.15, -0.1) is 0 Å². The highest BCUT2D eigenvalue weighted by Gasteiger charge is 2.21. The summed E-state index contributed by atoms with van der Waals surface area (Å²) in [6, 6.07) is 7.87. The Bertz CT molecular complexity index is 428. The zero-order valence-electron chi connectivity index (χ0n) is 14.1. The number of ether oxygens (including phenoxy) is 3. The van der Waals surface area contributed by atoms with Crippen molar-refractivity contribution >= 4 is 0 Å². The fourth-order valence-corrected chi connectivity index (χ4v) is 2.93. The van der Waals surface area contributed by atoms with E-state index in [1.165, 1.54) is 0 Å². The van der Waals surface area contributed by atoms with Crippen molar-refractivity contribution in [2.75, 3.05) is 32.8 Å². The van der Waals surface area contributed by atoms with Gasteiger partial charge in [0.05, 0.1) is 25.4 Å². The van der Waals surface area contributed by atoms with Gasteiger partial charge in [-0.2, -0.15) is 0 Å². The second-order valence-electron chi connectivity index (χ2n) is 5.95. The summed E-state index contributed by atoms with van der Waals surface area (Å²) >= 11 is 0. The van der Waals surface area contributed by atoms with Gasteiger partial charge in [-0.3, -0.25) is 4.90 Å². The van der Waals surface area contributed by atoms with Crippen molar-refractivity contribution in [3.63, 3.8) is 0 Å². The van der Waals surface area contributed by atoms with Crippen molar-refractivity contribution in [3.8, 4) is 11.5 Å². The van der Waals surface area contributed by atoms with Gasteiger partial charge >= 0.3 is 0 Å². The number of hydrogen-bond acceptors (Lipinski definition) is 4. The van der Waals surface area contributed by atoms with Gasteiger partial charge in [-0.1, -0.05) is 12.1 Å². The lowest BCUT2D eigenvalue weighted by atomic mass is 10.2. The molecular weight excluding hydrogens is 278 g/mol. The fraction of sp³-hybridized carbons (Fsp3) is 0.667. The maximum atomic E-state index is 5.85. The van der Waals surface area contributed by atoms with E-state index in [9.17, 15) is 0 Å². The van der Waals surface area contributed by atoms with E-state index in [2.05, 4.69) is 18.7 Å². The lowest BCUT2D eigenvalue weighted by Gasteiger charge is -2.35. The molecule has 1 fully saturated rings. The van der Waals surface area contributed by atoms with Gasteiger partial charge in [0.15, 0.2) is 11.5 Å². The molecule has 1 aromatic rings. The normalized spacial score (nSPS) is 22.5. The van der Waals surface area contributed by atoms with E-state index in [1.54, 1.807) is 0 Å². The second-order valence-corrected chi connectivity index (χ2v) is 5.95. The molecule has 0 N–H and O–H groups in total. The summed E-state index contributed by atoms with van der Waals surface area (Å²) in [5.74, 6) is 1.68. The van der Waals surface area contributed by atoms with Crippen LogP contribution < -0.4 is 9.47 Å². The molecule has 4 heteroatoms. The number of nitrogens with zero attached hydrogens (tertiary/aromatic N) is 1. The summed E-state index contributed by atoms with van der Waals surface area (Å²) < 4.78 is 17.2. The molecule has 4 nitrogen and oxygen atoms in total. The molecule has 0 radical (unpaired) electrons. The van der Waals surface area contributed by atoms with E-state index in [0.717, 1.165) is 50.6 Å². The zero-order valence-corrected chi connectivity index (χ0v) is 14.1. The highest BCUT2D eigenvalue weighted by molar-refractivity contribution is 5.39. The number of unbranched alkanes of at least 4 members (excludes halogenated alkanes) is 1. The number of hydrogen-bond donors (Lipinski definition) is 0. The Morgan fingerprint density at radius 1 is 1.05 bits per heavy atom. The molecule has 1 heterocycles. The van der Waals surface area contributed by atoms with Gasteiger partial charge in [-0.05, 0) is 52.3 Å². The average Bonchev–Trinajstić information content (AvgIpc) is 2.48. The minimum Gasteiger partial charge on any atom is -0.490 e. The number of para-hydroxylation sites is 2. The van der Waals surface area contributed by atoms with Crippen LogP contribution in [0.4, 0.5) is 0 Å². The molecule has 0 aliphatic carbocycles. The topological polar surface area (TPSA) is 30.9 Å². The quantitative estimate of drug-likeness (QED) is 0.689. The third-order valence-electron chi connectivity index (χ3n) is 3.77. The summed E-state index contributed by atoms with van der Waals surface area (Å²) in [5, 5.41) is 0.